The number of ether oxygens (including phenoxy) is 2. The number of carbonyl (C=O) groups excluding carboxylic acids is 1. The summed E-state index contributed by atoms with van der Waals surface area (Å²) in [6, 6.07) is 17.7. The lowest BCUT2D eigenvalue weighted by atomic mass is 9.92. The molecule has 3 heteroatoms. The van der Waals surface area contributed by atoms with Crippen LogP contribution in [0.2, 0.25) is 0 Å². The third-order valence-electron chi connectivity index (χ3n) is 3.62. The number of benzene rings is 2. The molecule has 0 atom stereocenters. The van der Waals surface area contributed by atoms with E-state index in [2.05, 4.69) is 0 Å². The van der Waals surface area contributed by atoms with E-state index < -0.39 is 0 Å². The molecule has 0 saturated carbocycles. The van der Waals surface area contributed by atoms with Gasteiger partial charge in [0.05, 0.1) is 13.7 Å². The van der Waals surface area contributed by atoms with Crippen LogP contribution in [-0.4, -0.2) is 19.7 Å². The van der Waals surface area contributed by atoms with Gasteiger partial charge in [0.15, 0.2) is 0 Å². The summed E-state index contributed by atoms with van der Waals surface area (Å²) in [5.74, 6) is 0.528. The average Bonchev–Trinajstić information content (AvgIpc) is 2.60. The van der Waals surface area contributed by atoms with E-state index in [-0.39, 0.29) is 5.97 Å². The van der Waals surface area contributed by atoms with E-state index in [0.717, 1.165) is 22.4 Å². The van der Waals surface area contributed by atoms with E-state index in [1.807, 2.05) is 68.4 Å². The number of esters is 1. The summed E-state index contributed by atoms with van der Waals surface area (Å²) in [6.07, 6.45) is 0.606. The fraction of sp³-hybridized carbons (Fsp3) is 0.250. The molecule has 0 aliphatic heterocycles. The minimum atomic E-state index is -0.260. The van der Waals surface area contributed by atoms with Crippen LogP contribution in [0.4, 0.5) is 0 Å². The van der Waals surface area contributed by atoms with Gasteiger partial charge in [-0.2, -0.15) is 0 Å². The van der Waals surface area contributed by atoms with Crippen LogP contribution in [-0.2, 0) is 9.53 Å². The molecule has 2 aromatic rings. The van der Waals surface area contributed by atoms with E-state index in [4.69, 9.17) is 9.47 Å². The molecule has 0 unspecified atom stereocenters. The SMILES string of the molecule is CCOC(=O)/C(CC)=C(\c1ccccc1)c1ccc(OC)cc1. The number of methoxy groups -OCH3 is 1. The maximum absolute atomic E-state index is 12.4. The molecule has 23 heavy (non-hydrogen) atoms. The van der Waals surface area contributed by atoms with Gasteiger partial charge in [0.25, 0.3) is 0 Å². The minimum Gasteiger partial charge on any atom is -0.497 e. The van der Waals surface area contributed by atoms with Gasteiger partial charge < -0.3 is 9.47 Å². The highest BCUT2D eigenvalue weighted by atomic mass is 16.5. The molecule has 120 valence electrons. The van der Waals surface area contributed by atoms with Crippen molar-refractivity contribution < 1.29 is 14.3 Å². The first-order chi connectivity index (χ1) is 11.2. The Kier molecular flexibility index (Phi) is 5.98. The molecule has 0 N–H and O–H groups in total. The summed E-state index contributed by atoms with van der Waals surface area (Å²) in [5.41, 5.74) is 3.57. The predicted octanol–water partition coefficient (Wildman–Crippen LogP) is 4.47. The molecule has 0 aromatic heterocycles. The molecule has 0 aliphatic rings. The van der Waals surface area contributed by atoms with Gasteiger partial charge in [-0.15, -0.1) is 0 Å². The summed E-state index contributed by atoms with van der Waals surface area (Å²) in [7, 11) is 1.64. The van der Waals surface area contributed by atoms with Crippen molar-refractivity contribution in [2.75, 3.05) is 13.7 Å². The zero-order valence-corrected chi connectivity index (χ0v) is 13.8. The van der Waals surface area contributed by atoms with Gasteiger partial charge in [0.2, 0.25) is 0 Å². The summed E-state index contributed by atoms with van der Waals surface area (Å²) in [4.78, 5) is 12.4. The van der Waals surface area contributed by atoms with Crippen molar-refractivity contribution in [3.05, 3.63) is 71.3 Å². The topological polar surface area (TPSA) is 35.5 Å². The van der Waals surface area contributed by atoms with Crippen molar-refractivity contribution in [1.82, 2.24) is 0 Å². The highest BCUT2D eigenvalue weighted by Gasteiger charge is 2.18. The molecule has 0 saturated heterocycles. The molecule has 2 rings (SSSR count). The highest BCUT2D eigenvalue weighted by molar-refractivity contribution is 6.01. The molecule has 0 bridgehead atoms. The van der Waals surface area contributed by atoms with E-state index in [1.54, 1.807) is 7.11 Å². The van der Waals surface area contributed by atoms with Crippen LogP contribution < -0.4 is 4.74 Å². The van der Waals surface area contributed by atoms with E-state index in [1.165, 1.54) is 0 Å². The summed E-state index contributed by atoms with van der Waals surface area (Å²) >= 11 is 0. The maximum atomic E-state index is 12.4. The zero-order valence-electron chi connectivity index (χ0n) is 13.8. The Morgan fingerprint density at radius 1 is 0.913 bits per heavy atom. The van der Waals surface area contributed by atoms with Crippen LogP contribution in [0.25, 0.3) is 5.57 Å². The first-order valence-electron chi connectivity index (χ1n) is 7.81. The Bertz CT molecular complexity index is 670. The molecule has 0 radical (unpaired) electrons. The Morgan fingerprint density at radius 3 is 2.04 bits per heavy atom. The van der Waals surface area contributed by atoms with Gasteiger partial charge in [0.1, 0.15) is 5.75 Å². The average molecular weight is 310 g/mol. The van der Waals surface area contributed by atoms with Crippen molar-refractivity contribution in [3.8, 4) is 5.75 Å². The highest BCUT2D eigenvalue weighted by Crippen LogP contribution is 2.30. The fourth-order valence-corrected chi connectivity index (χ4v) is 2.52. The third-order valence-corrected chi connectivity index (χ3v) is 3.62. The summed E-state index contributed by atoms with van der Waals surface area (Å²) in [6.45, 7) is 4.16. The fourth-order valence-electron chi connectivity index (χ4n) is 2.52. The zero-order chi connectivity index (χ0) is 16.7. The van der Waals surface area contributed by atoms with Gasteiger partial charge in [-0.05, 0) is 42.2 Å². The lowest BCUT2D eigenvalue weighted by Crippen LogP contribution is -2.10. The van der Waals surface area contributed by atoms with Crippen molar-refractivity contribution in [2.45, 2.75) is 20.3 Å². The van der Waals surface area contributed by atoms with Crippen molar-refractivity contribution in [1.29, 1.82) is 0 Å². The van der Waals surface area contributed by atoms with Gasteiger partial charge in [-0.1, -0.05) is 49.4 Å². The van der Waals surface area contributed by atoms with Crippen LogP contribution in [0.3, 0.4) is 0 Å². The summed E-state index contributed by atoms with van der Waals surface area (Å²) in [5, 5.41) is 0. The molecule has 0 fully saturated rings. The van der Waals surface area contributed by atoms with Crippen molar-refractivity contribution in [3.63, 3.8) is 0 Å². The van der Waals surface area contributed by atoms with E-state index in [0.29, 0.717) is 18.6 Å². The summed E-state index contributed by atoms with van der Waals surface area (Å²) < 4.78 is 10.5. The van der Waals surface area contributed by atoms with Crippen LogP contribution in [0.1, 0.15) is 31.4 Å². The van der Waals surface area contributed by atoms with Crippen molar-refractivity contribution >= 4 is 11.5 Å². The lowest BCUT2D eigenvalue weighted by Gasteiger charge is -2.15. The molecular formula is C20H22O3. The Hall–Kier alpha value is -2.55. The Balaban J connectivity index is 2.61. The van der Waals surface area contributed by atoms with Crippen LogP contribution in [0.5, 0.6) is 5.75 Å². The van der Waals surface area contributed by atoms with E-state index >= 15 is 0 Å². The predicted molar refractivity (Wildman–Crippen MR) is 92.4 cm³/mol. The van der Waals surface area contributed by atoms with Gasteiger partial charge >= 0.3 is 5.97 Å². The van der Waals surface area contributed by atoms with Gasteiger partial charge in [-0.3, -0.25) is 0 Å². The van der Waals surface area contributed by atoms with Crippen LogP contribution >= 0.6 is 0 Å². The number of hydrogen-bond acceptors (Lipinski definition) is 3. The Morgan fingerprint density at radius 2 is 1.52 bits per heavy atom. The van der Waals surface area contributed by atoms with Crippen LogP contribution in [0.15, 0.2) is 60.2 Å². The second kappa shape index (κ2) is 8.18. The third kappa shape index (κ3) is 4.01. The minimum absolute atomic E-state index is 0.260. The largest absolute Gasteiger partial charge is 0.497 e. The normalized spacial score (nSPS) is 11.6. The standard InChI is InChI=1S/C20H22O3/c1-4-18(20(21)23-5-2)19(15-9-7-6-8-10-15)16-11-13-17(22-3)14-12-16/h6-14H,4-5H2,1-3H3/b19-18+. The molecular weight excluding hydrogens is 288 g/mol. The van der Waals surface area contributed by atoms with Gasteiger partial charge in [-0.25, -0.2) is 4.79 Å². The monoisotopic (exact) mass is 310 g/mol. The first-order valence-corrected chi connectivity index (χ1v) is 7.81. The molecule has 3 nitrogen and oxygen atoms in total. The quantitative estimate of drug-likeness (QED) is 0.583. The molecule has 2 aromatic carbocycles. The smallest absolute Gasteiger partial charge is 0.334 e. The van der Waals surface area contributed by atoms with Crippen molar-refractivity contribution in [2.24, 2.45) is 0 Å². The Labute approximate surface area is 137 Å². The van der Waals surface area contributed by atoms with Gasteiger partial charge in [0, 0.05) is 5.57 Å². The number of hydrogen-bond donors (Lipinski definition) is 0. The first kappa shape index (κ1) is 16.8. The number of rotatable bonds is 6. The van der Waals surface area contributed by atoms with Crippen LogP contribution in [0, 0.1) is 0 Å². The molecule has 0 spiro atoms. The number of carbonyl (C=O) groups is 1. The molecule has 0 amide bonds. The molecule has 0 heterocycles. The maximum Gasteiger partial charge on any atom is 0.334 e. The second-order valence-corrected chi connectivity index (χ2v) is 5.02. The molecule has 0 aliphatic carbocycles. The van der Waals surface area contributed by atoms with E-state index in [9.17, 15) is 4.79 Å². The second-order valence-electron chi connectivity index (χ2n) is 5.02. The lowest BCUT2D eigenvalue weighted by molar-refractivity contribution is -0.138.